The Morgan fingerprint density at radius 2 is 2.05 bits per heavy atom. The average Bonchev–Trinajstić information content (AvgIpc) is 2.96. The van der Waals surface area contributed by atoms with Gasteiger partial charge in [-0.15, -0.1) is 0 Å². The number of aromatic nitrogens is 2. The number of nitro groups is 1. The molecule has 1 aromatic heterocycles. The summed E-state index contributed by atoms with van der Waals surface area (Å²) in [5, 5.41) is 14.5. The van der Waals surface area contributed by atoms with Gasteiger partial charge in [-0.25, -0.2) is 0 Å². The molecule has 0 aliphatic carbocycles. The standard InChI is InChI=1S/C14H15N3O3/c1-3-11-4-6-12(7-5-11)14(18)10(2)16-9-13(8-15-16)17(19)20/h4-10H,3H2,1-2H3. The maximum atomic E-state index is 12.3. The molecule has 2 rings (SSSR count). The highest BCUT2D eigenvalue weighted by molar-refractivity contribution is 5.98. The summed E-state index contributed by atoms with van der Waals surface area (Å²) in [6.07, 6.45) is 3.32. The number of benzene rings is 1. The van der Waals surface area contributed by atoms with Crippen LogP contribution >= 0.6 is 0 Å². The van der Waals surface area contributed by atoms with Crippen LogP contribution in [-0.4, -0.2) is 20.5 Å². The lowest BCUT2D eigenvalue weighted by Gasteiger charge is -2.10. The fraction of sp³-hybridized carbons (Fsp3) is 0.286. The fourth-order valence-corrected chi connectivity index (χ4v) is 1.90. The second-order valence-corrected chi connectivity index (χ2v) is 4.53. The highest BCUT2D eigenvalue weighted by Crippen LogP contribution is 2.17. The Bertz CT molecular complexity index is 631. The molecular formula is C14H15N3O3. The first kappa shape index (κ1) is 13.9. The van der Waals surface area contributed by atoms with Crippen LogP contribution in [0.3, 0.4) is 0 Å². The third-order valence-electron chi connectivity index (χ3n) is 3.22. The van der Waals surface area contributed by atoms with Crippen molar-refractivity contribution in [1.29, 1.82) is 0 Å². The number of rotatable bonds is 5. The first-order valence-corrected chi connectivity index (χ1v) is 6.34. The van der Waals surface area contributed by atoms with Gasteiger partial charge in [0, 0.05) is 5.56 Å². The third kappa shape index (κ3) is 2.74. The Balaban J connectivity index is 2.20. The SMILES string of the molecule is CCc1ccc(C(=O)C(C)n2cc([N+](=O)[O-])cn2)cc1. The van der Waals surface area contributed by atoms with E-state index in [9.17, 15) is 14.9 Å². The summed E-state index contributed by atoms with van der Waals surface area (Å²) in [5.74, 6) is -0.120. The van der Waals surface area contributed by atoms with Gasteiger partial charge in [0.1, 0.15) is 18.4 Å². The largest absolute Gasteiger partial charge is 0.307 e. The zero-order valence-electron chi connectivity index (χ0n) is 11.3. The minimum absolute atomic E-state index is 0.119. The first-order valence-electron chi connectivity index (χ1n) is 6.34. The zero-order valence-corrected chi connectivity index (χ0v) is 11.3. The van der Waals surface area contributed by atoms with Crippen molar-refractivity contribution in [2.75, 3.05) is 0 Å². The molecule has 1 aromatic carbocycles. The average molecular weight is 273 g/mol. The molecule has 20 heavy (non-hydrogen) atoms. The van der Waals surface area contributed by atoms with Crippen molar-refractivity contribution in [2.24, 2.45) is 0 Å². The summed E-state index contributed by atoms with van der Waals surface area (Å²) in [6, 6.07) is 6.79. The molecule has 0 aliphatic rings. The highest BCUT2D eigenvalue weighted by atomic mass is 16.6. The van der Waals surface area contributed by atoms with Crippen molar-refractivity contribution >= 4 is 11.5 Å². The van der Waals surface area contributed by atoms with Crippen molar-refractivity contribution in [2.45, 2.75) is 26.3 Å². The lowest BCUT2D eigenvalue weighted by Crippen LogP contribution is -2.17. The Morgan fingerprint density at radius 3 is 2.55 bits per heavy atom. The third-order valence-corrected chi connectivity index (χ3v) is 3.22. The summed E-state index contributed by atoms with van der Waals surface area (Å²) < 4.78 is 1.31. The van der Waals surface area contributed by atoms with Gasteiger partial charge in [0.15, 0.2) is 5.78 Å². The number of ketones is 1. The molecule has 0 bridgehead atoms. The van der Waals surface area contributed by atoms with E-state index in [-0.39, 0.29) is 11.5 Å². The van der Waals surface area contributed by atoms with Crippen molar-refractivity contribution in [3.8, 4) is 0 Å². The number of aryl methyl sites for hydroxylation is 1. The van der Waals surface area contributed by atoms with Crippen molar-refractivity contribution in [3.63, 3.8) is 0 Å². The number of hydrogen-bond acceptors (Lipinski definition) is 4. The molecule has 104 valence electrons. The van der Waals surface area contributed by atoms with Crippen LogP contribution < -0.4 is 0 Å². The Kier molecular flexibility index (Phi) is 3.93. The van der Waals surface area contributed by atoms with Crippen LogP contribution in [0.4, 0.5) is 5.69 Å². The van der Waals surface area contributed by atoms with Gasteiger partial charge in [0.2, 0.25) is 0 Å². The van der Waals surface area contributed by atoms with E-state index >= 15 is 0 Å². The second kappa shape index (κ2) is 5.64. The van der Waals surface area contributed by atoms with E-state index in [4.69, 9.17) is 0 Å². The quantitative estimate of drug-likeness (QED) is 0.476. The van der Waals surface area contributed by atoms with Gasteiger partial charge >= 0.3 is 5.69 Å². The van der Waals surface area contributed by atoms with Crippen LogP contribution in [-0.2, 0) is 6.42 Å². The van der Waals surface area contributed by atoms with Crippen molar-refractivity contribution in [1.82, 2.24) is 9.78 Å². The van der Waals surface area contributed by atoms with Crippen molar-refractivity contribution in [3.05, 3.63) is 57.9 Å². The molecule has 6 nitrogen and oxygen atoms in total. The minimum atomic E-state index is -0.573. The molecule has 1 atom stereocenters. The van der Waals surface area contributed by atoms with E-state index in [1.165, 1.54) is 10.9 Å². The molecular weight excluding hydrogens is 258 g/mol. The van der Waals surface area contributed by atoms with Gasteiger partial charge in [-0.3, -0.25) is 19.6 Å². The van der Waals surface area contributed by atoms with E-state index in [0.717, 1.165) is 18.2 Å². The molecule has 0 amide bonds. The minimum Gasteiger partial charge on any atom is -0.292 e. The normalized spacial score (nSPS) is 12.1. The van der Waals surface area contributed by atoms with E-state index in [2.05, 4.69) is 5.10 Å². The molecule has 2 aromatic rings. The van der Waals surface area contributed by atoms with Gasteiger partial charge in [0.05, 0.1) is 4.92 Å². The van der Waals surface area contributed by atoms with Crippen LogP contribution in [0.25, 0.3) is 0 Å². The lowest BCUT2D eigenvalue weighted by atomic mass is 10.0. The molecule has 0 fully saturated rings. The summed E-state index contributed by atoms with van der Waals surface area (Å²) in [6.45, 7) is 3.72. The fourth-order valence-electron chi connectivity index (χ4n) is 1.90. The Morgan fingerprint density at radius 1 is 1.40 bits per heavy atom. The van der Waals surface area contributed by atoms with Crippen LogP contribution in [0.1, 0.15) is 35.8 Å². The van der Waals surface area contributed by atoms with Gasteiger partial charge in [-0.1, -0.05) is 31.2 Å². The number of carbonyl (C=O) groups excluding carboxylic acids is 1. The van der Waals surface area contributed by atoms with Crippen LogP contribution in [0.5, 0.6) is 0 Å². The number of nitrogens with zero attached hydrogens (tertiary/aromatic N) is 3. The molecule has 0 saturated carbocycles. The van der Waals surface area contributed by atoms with Gasteiger partial charge < -0.3 is 0 Å². The Labute approximate surface area is 116 Å². The van der Waals surface area contributed by atoms with E-state index < -0.39 is 11.0 Å². The van der Waals surface area contributed by atoms with Gasteiger partial charge in [-0.05, 0) is 18.9 Å². The topological polar surface area (TPSA) is 78.0 Å². The summed E-state index contributed by atoms with van der Waals surface area (Å²) in [7, 11) is 0. The van der Waals surface area contributed by atoms with Crippen LogP contribution in [0.15, 0.2) is 36.7 Å². The number of carbonyl (C=O) groups is 1. The molecule has 1 heterocycles. The predicted molar refractivity (Wildman–Crippen MR) is 73.7 cm³/mol. The van der Waals surface area contributed by atoms with E-state index in [1.807, 2.05) is 19.1 Å². The highest BCUT2D eigenvalue weighted by Gasteiger charge is 2.20. The molecule has 1 unspecified atom stereocenters. The Hall–Kier alpha value is -2.50. The van der Waals surface area contributed by atoms with Crippen LogP contribution in [0, 0.1) is 10.1 Å². The first-order chi connectivity index (χ1) is 9.52. The maximum absolute atomic E-state index is 12.3. The molecule has 0 radical (unpaired) electrons. The van der Waals surface area contributed by atoms with Crippen LogP contribution in [0.2, 0.25) is 0 Å². The molecule has 0 aliphatic heterocycles. The predicted octanol–water partition coefficient (Wildman–Crippen LogP) is 2.80. The van der Waals surface area contributed by atoms with Gasteiger partial charge in [0.25, 0.3) is 0 Å². The van der Waals surface area contributed by atoms with Crippen molar-refractivity contribution < 1.29 is 9.72 Å². The molecule has 0 spiro atoms. The van der Waals surface area contributed by atoms with E-state index in [1.54, 1.807) is 19.1 Å². The van der Waals surface area contributed by atoms with Gasteiger partial charge in [-0.2, -0.15) is 5.10 Å². The smallest absolute Gasteiger partial charge is 0.292 e. The number of Topliss-reactive ketones (excluding diaryl/α,β-unsaturated/α-hetero) is 1. The summed E-state index contributed by atoms with van der Waals surface area (Å²) in [5.41, 5.74) is 1.61. The lowest BCUT2D eigenvalue weighted by molar-refractivity contribution is -0.385. The molecule has 6 heteroatoms. The van der Waals surface area contributed by atoms with E-state index in [0.29, 0.717) is 5.56 Å². The molecule has 0 saturated heterocycles. The molecule has 0 N–H and O–H groups in total. The zero-order chi connectivity index (χ0) is 14.7. The maximum Gasteiger partial charge on any atom is 0.307 e. The summed E-state index contributed by atoms with van der Waals surface area (Å²) in [4.78, 5) is 22.4. The number of hydrogen-bond donors (Lipinski definition) is 0. The monoisotopic (exact) mass is 273 g/mol. The second-order valence-electron chi connectivity index (χ2n) is 4.53. The summed E-state index contributed by atoms with van der Waals surface area (Å²) >= 11 is 0.